The number of ether oxygens (including phenoxy) is 1. The van der Waals surface area contributed by atoms with Crippen molar-refractivity contribution in [2.24, 2.45) is 11.8 Å². The summed E-state index contributed by atoms with van der Waals surface area (Å²) in [4.78, 5) is 2.38. The van der Waals surface area contributed by atoms with E-state index in [0.29, 0.717) is 24.8 Å². The molecule has 0 spiro atoms. The van der Waals surface area contributed by atoms with Gasteiger partial charge in [-0.15, -0.1) is 0 Å². The first-order chi connectivity index (χ1) is 15.8. The Hall–Kier alpha value is -1.59. The third-order valence-corrected chi connectivity index (χ3v) is 8.81. The van der Waals surface area contributed by atoms with Gasteiger partial charge in [0.05, 0.1) is 6.61 Å². The van der Waals surface area contributed by atoms with E-state index >= 15 is 0 Å². The predicted molar refractivity (Wildman–Crippen MR) is 132 cm³/mol. The van der Waals surface area contributed by atoms with Crippen LogP contribution in [0.4, 0.5) is 0 Å². The van der Waals surface area contributed by atoms with Crippen LogP contribution in [0.3, 0.4) is 0 Å². The van der Waals surface area contributed by atoms with E-state index in [2.05, 4.69) is 30.7 Å². The second-order valence-electron chi connectivity index (χ2n) is 9.77. The minimum Gasteiger partial charge on any atom is -0.487 e. The van der Waals surface area contributed by atoms with Gasteiger partial charge in [-0.2, -0.15) is 4.31 Å². The van der Waals surface area contributed by atoms with E-state index in [9.17, 15) is 13.5 Å². The first kappa shape index (κ1) is 26.0. The summed E-state index contributed by atoms with van der Waals surface area (Å²) >= 11 is 0. The Morgan fingerprint density at radius 1 is 1.27 bits per heavy atom. The molecule has 0 radical (unpaired) electrons. The molecule has 2 aliphatic rings. The molecule has 1 aliphatic heterocycles. The topological polar surface area (TPSA) is 70.1 Å². The fourth-order valence-electron chi connectivity index (χ4n) is 4.73. The summed E-state index contributed by atoms with van der Waals surface area (Å²) in [6.45, 7) is 7.63. The molecule has 1 heterocycles. The largest absolute Gasteiger partial charge is 0.487 e. The number of nitrogens with zero attached hydrogens (tertiary/aromatic N) is 2. The van der Waals surface area contributed by atoms with Gasteiger partial charge in [-0.05, 0) is 58.0 Å². The van der Waals surface area contributed by atoms with Gasteiger partial charge in [0.15, 0.2) is 0 Å². The molecule has 0 aromatic heterocycles. The number of hydrogen-bond acceptors (Lipinski definition) is 5. The van der Waals surface area contributed by atoms with Gasteiger partial charge in [-0.3, -0.25) is 0 Å². The first-order valence-corrected chi connectivity index (χ1v) is 13.8. The highest BCUT2D eigenvalue weighted by Gasteiger charge is 2.38. The first-order valence-electron chi connectivity index (χ1n) is 12.4. The van der Waals surface area contributed by atoms with Gasteiger partial charge in [-0.1, -0.05) is 45.0 Å². The third-order valence-electron chi connectivity index (χ3n) is 6.79. The summed E-state index contributed by atoms with van der Waals surface area (Å²) < 4.78 is 35.0. The normalized spacial score (nSPS) is 24.7. The number of sulfonamides is 1. The molecule has 3 rings (SSSR count). The van der Waals surface area contributed by atoms with Gasteiger partial charge in [0, 0.05) is 36.5 Å². The number of rotatable bonds is 6. The molecule has 1 N–H and O–H groups in total. The minimum atomic E-state index is -3.81. The Labute approximate surface area is 200 Å². The maximum absolute atomic E-state index is 13.6. The highest BCUT2D eigenvalue weighted by molar-refractivity contribution is 7.89. The number of likely N-dealkylation sites (N-methyl/N-ethyl adjacent to an activating group) is 1. The zero-order chi connectivity index (χ0) is 24.0. The molecule has 1 saturated carbocycles. The summed E-state index contributed by atoms with van der Waals surface area (Å²) in [5, 5.41) is 9.77. The average Bonchev–Trinajstić information content (AvgIpc) is 2.80. The Kier molecular flexibility index (Phi) is 9.23. The molecule has 6 nitrogen and oxygen atoms in total. The molecule has 33 heavy (non-hydrogen) atoms. The average molecular weight is 477 g/mol. The maximum Gasteiger partial charge on any atom is 0.247 e. The Balaban J connectivity index is 1.99. The fraction of sp³-hybridized carbons (Fsp3) is 0.692. The summed E-state index contributed by atoms with van der Waals surface area (Å²) in [6, 6.07) is 4.68. The molecule has 1 aliphatic carbocycles. The summed E-state index contributed by atoms with van der Waals surface area (Å²) in [7, 11) is -1.75. The van der Waals surface area contributed by atoms with Crippen molar-refractivity contribution in [3.8, 4) is 17.6 Å². The summed E-state index contributed by atoms with van der Waals surface area (Å²) in [6.07, 6.45) is 6.89. The van der Waals surface area contributed by atoms with E-state index in [-0.39, 0.29) is 23.5 Å². The van der Waals surface area contributed by atoms with Crippen LogP contribution < -0.4 is 4.74 Å². The van der Waals surface area contributed by atoms with E-state index in [1.54, 1.807) is 25.1 Å². The van der Waals surface area contributed by atoms with Crippen molar-refractivity contribution < 1.29 is 18.3 Å². The van der Waals surface area contributed by atoms with E-state index in [1.165, 1.54) is 23.6 Å². The highest BCUT2D eigenvalue weighted by atomic mass is 32.2. The van der Waals surface area contributed by atoms with Gasteiger partial charge in [0.2, 0.25) is 10.0 Å². The van der Waals surface area contributed by atoms with Crippen molar-refractivity contribution in [1.82, 2.24) is 9.21 Å². The zero-order valence-electron chi connectivity index (χ0n) is 20.6. The van der Waals surface area contributed by atoms with Gasteiger partial charge in [0.25, 0.3) is 0 Å². The lowest BCUT2D eigenvalue weighted by Crippen LogP contribution is -2.49. The van der Waals surface area contributed by atoms with Crippen LogP contribution in [0.15, 0.2) is 23.1 Å². The monoisotopic (exact) mass is 476 g/mol. The lowest BCUT2D eigenvalue weighted by Gasteiger charge is -2.37. The zero-order valence-corrected chi connectivity index (χ0v) is 21.4. The Morgan fingerprint density at radius 3 is 2.67 bits per heavy atom. The number of fused-ring (bicyclic) bond motifs is 1. The molecule has 3 atom stereocenters. The van der Waals surface area contributed by atoms with Crippen molar-refractivity contribution in [2.45, 2.75) is 76.3 Å². The van der Waals surface area contributed by atoms with Crippen molar-refractivity contribution >= 4 is 10.0 Å². The van der Waals surface area contributed by atoms with Gasteiger partial charge >= 0.3 is 0 Å². The molecule has 184 valence electrons. The molecule has 0 amide bonds. The van der Waals surface area contributed by atoms with Crippen LogP contribution in [-0.2, 0) is 10.0 Å². The molecule has 7 heteroatoms. The standard InChI is InChI=1S/C26H40N2O4S/c1-5-15-27(4)18-25-20(2)17-28(21(3)19-29)33(30,31)26-14-13-23(16-24(26)32-25)12-11-22-9-7-6-8-10-22/h13-14,16,20-22,25,29H,5-10,15,17-19H2,1-4H3/t20-,21-,25+/m0/s1. The van der Waals surface area contributed by atoms with E-state index in [1.807, 2.05) is 6.92 Å². The smallest absolute Gasteiger partial charge is 0.247 e. The highest BCUT2D eigenvalue weighted by Crippen LogP contribution is 2.34. The lowest BCUT2D eigenvalue weighted by molar-refractivity contribution is 0.0752. The van der Waals surface area contributed by atoms with Gasteiger partial charge in [-0.25, -0.2) is 8.42 Å². The second-order valence-corrected chi connectivity index (χ2v) is 11.6. The lowest BCUT2D eigenvalue weighted by atomic mass is 9.90. The van der Waals surface area contributed by atoms with Gasteiger partial charge in [0.1, 0.15) is 16.7 Å². The molecule has 0 unspecified atom stereocenters. The number of aliphatic hydroxyl groups excluding tert-OH is 1. The molecule has 0 saturated heterocycles. The molecule has 1 aromatic rings. The molecule has 0 bridgehead atoms. The predicted octanol–water partition coefficient (Wildman–Crippen LogP) is 3.73. The Morgan fingerprint density at radius 2 is 2.00 bits per heavy atom. The van der Waals surface area contributed by atoms with Crippen LogP contribution in [0.25, 0.3) is 0 Å². The Bertz CT molecular complexity index is 947. The SMILES string of the molecule is CCCN(C)C[C@H]1Oc2cc(C#CC3CCCCC3)ccc2S(=O)(=O)N([C@@H](C)CO)C[C@@H]1C. The maximum atomic E-state index is 13.6. The molecular formula is C26H40N2O4S. The summed E-state index contributed by atoms with van der Waals surface area (Å²) in [5.41, 5.74) is 0.783. The summed E-state index contributed by atoms with van der Waals surface area (Å²) in [5.74, 6) is 7.40. The molecule has 1 aromatic carbocycles. The van der Waals surface area contributed by atoms with E-state index in [0.717, 1.165) is 31.4 Å². The van der Waals surface area contributed by atoms with Crippen LogP contribution in [0.5, 0.6) is 5.75 Å². The number of aliphatic hydroxyl groups is 1. The van der Waals surface area contributed by atoms with Crippen LogP contribution in [0, 0.1) is 23.7 Å². The quantitative estimate of drug-likeness (QED) is 0.634. The van der Waals surface area contributed by atoms with Crippen LogP contribution in [0.2, 0.25) is 0 Å². The molecule has 1 fully saturated rings. The molecular weight excluding hydrogens is 436 g/mol. The van der Waals surface area contributed by atoms with Crippen molar-refractivity contribution in [2.75, 3.05) is 33.3 Å². The number of hydrogen-bond donors (Lipinski definition) is 1. The van der Waals surface area contributed by atoms with Crippen molar-refractivity contribution in [1.29, 1.82) is 0 Å². The van der Waals surface area contributed by atoms with Crippen LogP contribution in [-0.4, -0.2) is 68.2 Å². The van der Waals surface area contributed by atoms with E-state index < -0.39 is 16.1 Å². The number of benzene rings is 1. The fourth-order valence-corrected chi connectivity index (χ4v) is 6.56. The second kappa shape index (κ2) is 11.7. The third kappa shape index (κ3) is 6.51. The van der Waals surface area contributed by atoms with Crippen LogP contribution >= 0.6 is 0 Å². The van der Waals surface area contributed by atoms with Crippen molar-refractivity contribution in [3.63, 3.8) is 0 Å². The van der Waals surface area contributed by atoms with Gasteiger partial charge < -0.3 is 14.7 Å². The van der Waals surface area contributed by atoms with Crippen LogP contribution in [0.1, 0.15) is 64.9 Å². The minimum absolute atomic E-state index is 0.0433. The van der Waals surface area contributed by atoms with Crippen molar-refractivity contribution in [3.05, 3.63) is 23.8 Å². The van der Waals surface area contributed by atoms with E-state index in [4.69, 9.17) is 4.74 Å².